The van der Waals surface area contributed by atoms with E-state index in [0.717, 1.165) is 10.4 Å². The quantitative estimate of drug-likeness (QED) is 0.731. The molecule has 0 aliphatic heterocycles. The molecule has 5 heteroatoms. The zero-order chi connectivity index (χ0) is 13.3. The van der Waals surface area contributed by atoms with Crippen molar-refractivity contribution in [3.8, 4) is 5.75 Å². The Morgan fingerprint density at radius 2 is 1.89 bits per heavy atom. The van der Waals surface area contributed by atoms with Crippen molar-refractivity contribution in [1.82, 2.24) is 0 Å². The number of rotatable bonds is 3. The van der Waals surface area contributed by atoms with Crippen LogP contribution >= 0.6 is 27.3 Å². The lowest BCUT2D eigenvalue weighted by atomic mass is 10.1. The fraction of sp³-hybridized carbons (Fsp3) is 0.231. The van der Waals surface area contributed by atoms with Crippen molar-refractivity contribution < 1.29 is 13.5 Å². The first-order valence-corrected chi connectivity index (χ1v) is 7.05. The number of alkyl halides is 1. The Balaban J connectivity index is 2.48. The Kier molecular flexibility index (Phi) is 4.02. The Morgan fingerprint density at radius 1 is 1.28 bits per heavy atom. The number of hydrogen-bond donors (Lipinski definition) is 0. The summed E-state index contributed by atoms with van der Waals surface area (Å²) in [5, 5.41) is 1.90. The van der Waals surface area contributed by atoms with Gasteiger partial charge in [0, 0.05) is 22.6 Å². The van der Waals surface area contributed by atoms with Gasteiger partial charge >= 0.3 is 0 Å². The summed E-state index contributed by atoms with van der Waals surface area (Å²) in [6.45, 7) is 1.92. The van der Waals surface area contributed by atoms with E-state index in [0.29, 0.717) is 0 Å². The van der Waals surface area contributed by atoms with Crippen molar-refractivity contribution in [3.63, 3.8) is 0 Å². The van der Waals surface area contributed by atoms with Crippen LogP contribution in [-0.4, -0.2) is 7.11 Å². The van der Waals surface area contributed by atoms with Crippen molar-refractivity contribution in [1.29, 1.82) is 0 Å². The predicted octanol–water partition coefficient (Wildman–Crippen LogP) is 4.83. The van der Waals surface area contributed by atoms with Crippen molar-refractivity contribution >= 4 is 27.3 Å². The normalized spacial score (nSPS) is 12.5. The number of aryl methyl sites for hydroxylation is 1. The smallest absolute Gasteiger partial charge is 0.134 e. The van der Waals surface area contributed by atoms with Crippen LogP contribution in [-0.2, 0) is 0 Å². The van der Waals surface area contributed by atoms with Gasteiger partial charge in [0.05, 0.1) is 11.9 Å². The second-order valence-electron chi connectivity index (χ2n) is 3.84. The molecule has 0 spiro atoms. The van der Waals surface area contributed by atoms with E-state index < -0.39 is 16.5 Å². The molecule has 0 saturated heterocycles. The Morgan fingerprint density at radius 3 is 2.33 bits per heavy atom. The molecule has 18 heavy (non-hydrogen) atoms. The van der Waals surface area contributed by atoms with Gasteiger partial charge in [-0.25, -0.2) is 8.78 Å². The lowest BCUT2D eigenvalue weighted by molar-refractivity contribution is 0.405. The maximum atomic E-state index is 13.9. The average molecular weight is 333 g/mol. The minimum atomic E-state index is -0.610. The molecule has 0 bridgehead atoms. The molecule has 0 radical (unpaired) electrons. The highest BCUT2D eigenvalue weighted by Crippen LogP contribution is 2.39. The van der Waals surface area contributed by atoms with Gasteiger partial charge < -0.3 is 4.74 Å². The van der Waals surface area contributed by atoms with Crippen molar-refractivity contribution in [3.05, 3.63) is 51.2 Å². The predicted molar refractivity (Wildman–Crippen MR) is 72.7 cm³/mol. The van der Waals surface area contributed by atoms with Crippen LogP contribution in [0.5, 0.6) is 5.75 Å². The summed E-state index contributed by atoms with van der Waals surface area (Å²) < 4.78 is 32.7. The molecule has 1 nitrogen and oxygen atoms in total. The van der Waals surface area contributed by atoms with E-state index in [1.807, 2.05) is 18.4 Å². The molecule has 1 unspecified atom stereocenters. The fourth-order valence-electron chi connectivity index (χ4n) is 1.70. The van der Waals surface area contributed by atoms with Gasteiger partial charge in [-0.2, -0.15) is 0 Å². The van der Waals surface area contributed by atoms with Crippen molar-refractivity contribution in [2.24, 2.45) is 0 Å². The van der Waals surface area contributed by atoms with Crippen LogP contribution in [0.3, 0.4) is 0 Å². The maximum Gasteiger partial charge on any atom is 0.134 e. The van der Waals surface area contributed by atoms with Crippen LogP contribution in [0.25, 0.3) is 0 Å². The van der Waals surface area contributed by atoms with Crippen LogP contribution in [0, 0.1) is 18.6 Å². The first kappa shape index (κ1) is 13.5. The zero-order valence-corrected chi connectivity index (χ0v) is 12.2. The monoisotopic (exact) mass is 332 g/mol. The number of ether oxygens (including phenoxy) is 1. The number of benzene rings is 1. The Bertz CT molecular complexity index is 545. The largest absolute Gasteiger partial charge is 0.497 e. The zero-order valence-electron chi connectivity index (χ0n) is 9.84. The lowest BCUT2D eigenvalue weighted by Crippen LogP contribution is -2.01. The minimum Gasteiger partial charge on any atom is -0.497 e. The van der Waals surface area contributed by atoms with Gasteiger partial charge in [0.1, 0.15) is 17.4 Å². The van der Waals surface area contributed by atoms with Gasteiger partial charge in [0.2, 0.25) is 0 Å². The third kappa shape index (κ3) is 2.42. The summed E-state index contributed by atoms with van der Waals surface area (Å²) in [5.74, 6) is -1.04. The van der Waals surface area contributed by atoms with Crippen LogP contribution in [0.1, 0.15) is 20.8 Å². The maximum absolute atomic E-state index is 13.9. The molecule has 0 fully saturated rings. The van der Waals surface area contributed by atoms with Crippen LogP contribution in [0.15, 0.2) is 23.6 Å². The highest BCUT2D eigenvalue weighted by Gasteiger charge is 2.22. The molecule has 1 aromatic heterocycles. The second-order valence-corrected chi connectivity index (χ2v) is 5.70. The van der Waals surface area contributed by atoms with Crippen LogP contribution in [0.2, 0.25) is 0 Å². The van der Waals surface area contributed by atoms with Gasteiger partial charge in [-0.05, 0) is 23.9 Å². The van der Waals surface area contributed by atoms with E-state index in [-0.39, 0.29) is 11.3 Å². The number of thiophene rings is 1. The first-order chi connectivity index (χ1) is 8.54. The molecule has 1 heterocycles. The molecule has 1 atom stereocenters. The number of halogens is 3. The molecule has 2 rings (SSSR count). The molecule has 0 aliphatic rings. The molecule has 0 aliphatic carbocycles. The SMILES string of the molecule is COc1cc(F)c(C(Br)c2sccc2C)c(F)c1. The highest BCUT2D eigenvalue weighted by atomic mass is 79.9. The van der Waals surface area contributed by atoms with Gasteiger partial charge in [-0.1, -0.05) is 15.9 Å². The third-order valence-corrected chi connectivity index (χ3v) is 4.98. The standard InChI is InChI=1S/C13H11BrF2OS/c1-7-3-4-18-13(7)12(14)11-9(15)5-8(17-2)6-10(11)16/h3-6,12H,1-2H3. The third-order valence-electron chi connectivity index (χ3n) is 2.67. The van der Waals surface area contributed by atoms with Crippen LogP contribution in [0.4, 0.5) is 8.78 Å². The van der Waals surface area contributed by atoms with Gasteiger partial charge in [0.15, 0.2) is 0 Å². The summed E-state index contributed by atoms with van der Waals surface area (Å²) in [6, 6.07) is 4.30. The molecule has 1 aromatic carbocycles. The van der Waals surface area contributed by atoms with Gasteiger partial charge in [-0.15, -0.1) is 11.3 Å². The molecular weight excluding hydrogens is 322 g/mol. The highest BCUT2D eigenvalue weighted by molar-refractivity contribution is 9.09. The van der Waals surface area contributed by atoms with Gasteiger partial charge in [-0.3, -0.25) is 0 Å². The minimum absolute atomic E-state index is 0.0151. The number of methoxy groups -OCH3 is 1. The Hall–Kier alpha value is -0.940. The fourth-order valence-corrected chi connectivity index (χ4v) is 3.73. The molecule has 0 amide bonds. The first-order valence-electron chi connectivity index (χ1n) is 5.25. The van der Waals surface area contributed by atoms with E-state index >= 15 is 0 Å². The molecule has 2 aromatic rings. The molecule has 0 N–H and O–H groups in total. The topological polar surface area (TPSA) is 9.23 Å². The number of hydrogen-bond acceptors (Lipinski definition) is 2. The molecular formula is C13H11BrF2OS. The lowest BCUT2D eigenvalue weighted by Gasteiger charge is -2.13. The molecule has 0 saturated carbocycles. The van der Waals surface area contributed by atoms with Gasteiger partial charge in [0.25, 0.3) is 0 Å². The molecule has 96 valence electrons. The van der Waals surface area contributed by atoms with Crippen molar-refractivity contribution in [2.75, 3.05) is 7.11 Å². The van der Waals surface area contributed by atoms with E-state index in [4.69, 9.17) is 4.74 Å². The summed E-state index contributed by atoms with van der Waals surface area (Å²) in [4.78, 5) is 0.418. The van der Waals surface area contributed by atoms with E-state index in [2.05, 4.69) is 15.9 Å². The summed E-state index contributed by atoms with van der Waals surface area (Å²) >= 11 is 4.83. The van der Waals surface area contributed by atoms with Crippen molar-refractivity contribution in [2.45, 2.75) is 11.8 Å². The van der Waals surface area contributed by atoms with E-state index in [1.165, 1.54) is 30.6 Å². The van der Waals surface area contributed by atoms with Crippen LogP contribution < -0.4 is 4.74 Å². The van der Waals surface area contributed by atoms with E-state index in [1.54, 1.807) is 0 Å². The second kappa shape index (κ2) is 5.36. The average Bonchev–Trinajstić information content (AvgIpc) is 2.74. The summed E-state index contributed by atoms with van der Waals surface area (Å²) in [7, 11) is 1.38. The summed E-state index contributed by atoms with van der Waals surface area (Å²) in [6.07, 6.45) is 0. The van der Waals surface area contributed by atoms with E-state index in [9.17, 15) is 8.78 Å². The summed E-state index contributed by atoms with van der Waals surface area (Å²) in [5.41, 5.74) is 1.03. The Labute approximate surface area is 117 Å².